The van der Waals surface area contributed by atoms with Crippen LogP contribution in [0.15, 0.2) is 24.3 Å². The highest BCUT2D eigenvalue weighted by molar-refractivity contribution is 5.97. The number of para-hydroxylation sites is 1. The van der Waals surface area contributed by atoms with Crippen LogP contribution in [0.2, 0.25) is 0 Å². The molecule has 2 aliphatic heterocycles. The van der Waals surface area contributed by atoms with Gasteiger partial charge in [0.25, 0.3) is 5.91 Å². The van der Waals surface area contributed by atoms with Gasteiger partial charge < -0.3 is 14.5 Å². The molecular weight excluding hydrogens is 352 g/mol. The molecule has 3 aliphatic rings. The van der Waals surface area contributed by atoms with Crippen LogP contribution < -0.4 is 4.74 Å². The number of ether oxygens (including phenoxy) is 1. The Morgan fingerprint density at radius 1 is 1.11 bits per heavy atom. The highest BCUT2D eigenvalue weighted by Gasteiger charge is 2.45. The summed E-state index contributed by atoms with van der Waals surface area (Å²) in [5.41, 5.74) is 1.03. The highest BCUT2D eigenvalue weighted by Crippen LogP contribution is 2.47. The van der Waals surface area contributed by atoms with Crippen molar-refractivity contribution in [1.29, 1.82) is 0 Å². The average molecular weight is 385 g/mol. The third-order valence-electron chi connectivity index (χ3n) is 6.62. The molecule has 2 saturated heterocycles. The van der Waals surface area contributed by atoms with E-state index in [1.165, 1.54) is 0 Å². The Hall–Kier alpha value is -2.04. The first kappa shape index (κ1) is 19.3. The van der Waals surface area contributed by atoms with Crippen molar-refractivity contribution in [1.82, 2.24) is 9.80 Å². The van der Waals surface area contributed by atoms with Crippen LogP contribution in [0.3, 0.4) is 0 Å². The van der Waals surface area contributed by atoms with E-state index in [1.54, 1.807) is 0 Å². The van der Waals surface area contributed by atoms with Crippen LogP contribution in [0, 0.1) is 11.3 Å². The second kappa shape index (κ2) is 7.41. The van der Waals surface area contributed by atoms with Crippen molar-refractivity contribution in [3.63, 3.8) is 0 Å². The molecule has 3 fully saturated rings. The highest BCUT2D eigenvalue weighted by atomic mass is 16.5. The Morgan fingerprint density at radius 2 is 1.75 bits per heavy atom. The third kappa shape index (κ3) is 3.63. The van der Waals surface area contributed by atoms with E-state index >= 15 is 0 Å². The summed E-state index contributed by atoms with van der Waals surface area (Å²) >= 11 is 0. The summed E-state index contributed by atoms with van der Waals surface area (Å²) in [5.74, 6) is 1.51. The molecule has 2 unspecified atom stereocenters. The maximum Gasteiger partial charge on any atom is 0.257 e. The van der Waals surface area contributed by atoms with Crippen molar-refractivity contribution < 1.29 is 14.3 Å². The van der Waals surface area contributed by atoms with E-state index in [0.29, 0.717) is 54.7 Å². The number of hydrogen-bond donors (Lipinski definition) is 0. The normalized spacial score (nSPS) is 26.1. The first-order valence-corrected chi connectivity index (χ1v) is 10.7. The molecule has 152 valence electrons. The molecule has 2 bridgehead atoms. The molecule has 2 amide bonds. The summed E-state index contributed by atoms with van der Waals surface area (Å²) in [6.07, 6.45) is 4.99. The van der Waals surface area contributed by atoms with Gasteiger partial charge in [-0.1, -0.05) is 26.0 Å². The Morgan fingerprint density at radius 3 is 2.36 bits per heavy atom. The molecule has 28 heavy (non-hydrogen) atoms. The average Bonchev–Trinajstić information content (AvgIpc) is 2.90. The zero-order valence-corrected chi connectivity index (χ0v) is 17.3. The number of hydrogen-bond acceptors (Lipinski definition) is 3. The van der Waals surface area contributed by atoms with Gasteiger partial charge in [0.1, 0.15) is 5.75 Å². The molecular formula is C23H32N2O3. The maximum absolute atomic E-state index is 13.1. The van der Waals surface area contributed by atoms with E-state index in [0.717, 1.165) is 25.7 Å². The topological polar surface area (TPSA) is 49.9 Å². The van der Waals surface area contributed by atoms with Gasteiger partial charge in [0, 0.05) is 31.6 Å². The lowest BCUT2D eigenvalue weighted by molar-refractivity contribution is -0.139. The van der Waals surface area contributed by atoms with E-state index in [9.17, 15) is 9.59 Å². The van der Waals surface area contributed by atoms with Crippen molar-refractivity contribution in [2.24, 2.45) is 11.3 Å². The number of fused-ring (bicyclic) bond motifs is 2. The molecule has 1 aromatic carbocycles. The summed E-state index contributed by atoms with van der Waals surface area (Å²) in [6, 6.07) is 7.80. The van der Waals surface area contributed by atoms with Gasteiger partial charge >= 0.3 is 0 Å². The summed E-state index contributed by atoms with van der Waals surface area (Å²) in [4.78, 5) is 30.1. The van der Waals surface area contributed by atoms with Crippen molar-refractivity contribution in [3.05, 3.63) is 29.8 Å². The van der Waals surface area contributed by atoms with Crippen molar-refractivity contribution in [2.75, 3.05) is 19.7 Å². The SMILES string of the molecule is CCOc1ccccc1C(=O)N1CC2CCC(C1)N2C(=O)CC1CC(C)(C)C1. The zero-order chi connectivity index (χ0) is 19.9. The van der Waals surface area contributed by atoms with Crippen molar-refractivity contribution in [3.8, 4) is 5.75 Å². The maximum atomic E-state index is 13.1. The predicted molar refractivity (Wildman–Crippen MR) is 108 cm³/mol. The fourth-order valence-electron chi connectivity index (χ4n) is 5.57. The first-order valence-electron chi connectivity index (χ1n) is 10.7. The second-order valence-electron chi connectivity index (χ2n) is 9.47. The third-order valence-corrected chi connectivity index (χ3v) is 6.62. The van der Waals surface area contributed by atoms with E-state index in [-0.39, 0.29) is 18.0 Å². The van der Waals surface area contributed by atoms with E-state index in [2.05, 4.69) is 18.7 Å². The Kier molecular flexibility index (Phi) is 5.11. The number of likely N-dealkylation sites (tertiary alicyclic amines) is 1. The summed E-state index contributed by atoms with van der Waals surface area (Å²) in [6.45, 7) is 8.30. The van der Waals surface area contributed by atoms with Gasteiger partial charge in [-0.3, -0.25) is 9.59 Å². The van der Waals surface area contributed by atoms with E-state index < -0.39 is 0 Å². The van der Waals surface area contributed by atoms with Crippen LogP contribution in [0.4, 0.5) is 0 Å². The molecule has 0 radical (unpaired) electrons. The minimum atomic E-state index is 0.0220. The van der Waals surface area contributed by atoms with Crippen LogP contribution in [0.5, 0.6) is 5.75 Å². The Balaban J connectivity index is 1.41. The zero-order valence-electron chi connectivity index (χ0n) is 17.3. The summed E-state index contributed by atoms with van der Waals surface area (Å²) in [5, 5.41) is 0. The molecule has 0 N–H and O–H groups in total. The molecule has 1 saturated carbocycles. The van der Waals surface area contributed by atoms with Gasteiger partial charge in [0.05, 0.1) is 12.2 Å². The number of amides is 2. The Bertz CT molecular complexity index is 738. The quantitative estimate of drug-likeness (QED) is 0.777. The van der Waals surface area contributed by atoms with Crippen LogP contribution in [-0.4, -0.2) is 53.4 Å². The van der Waals surface area contributed by atoms with Gasteiger partial charge in [-0.15, -0.1) is 0 Å². The lowest BCUT2D eigenvalue weighted by atomic mass is 9.63. The van der Waals surface area contributed by atoms with Crippen LogP contribution >= 0.6 is 0 Å². The molecule has 2 atom stereocenters. The lowest BCUT2D eigenvalue weighted by Gasteiger charge is -2.45. The fourth-order valence-corrected chi connectivity index (χ4v) is 5.57. The molecule has 5 heteroatoms. The smallest absolute Gasteiger partial charge is 0.257 e. The van der Waals surface area contributed by atoms with Gasteiger partial charge in [-0.25, -0.2) is 0 Å². The number of nitrogens with zero attached hydrogens (tertiary/aromatic N) is 2. The molecule has 0 spiro atoms. The molecule has 5 nitrogen and oxygen atoms in total. The summed E-state index contributed by atoms with van der Waals surface area (Å²) < 4.78 is 5.64. The predicted octanol–water partition coefficient (Wildman–Crippen LogP) is 3.73. The molecule has 4 rings (SSSR count). The monoisotopic (exact) mass is 384 g/mol. The van der Waals surface area contributed by atoms with Crippen LogP contribution in [0.25, 0.3) is 0 Å². The molecule has 1 aliphatic carbocycles. The summed E-state index contributed by atoms with van der Waals surface area (Å²) in [7, 11) is 0. The van der Waals surface area contributed by atoms with Gasteiger partial charge in [0.2, 0.25) is 5.91 Å². The second-order valence-corrected chi connectivity index (χ2v) is 9.47. The fraction of sp³-hybridized carbons (Fsp3) is 0.652. The first-order chi connectivity index (χ1) is 13.4. The van der Waals surface area contributed by atoms with Gasteiger partial charge in [-0.05, 0) is 56.1 Å². The van der Waals surface area contributed by atoms with Crippen LogP contribution in [-0.2, 0) is 4.79 Å². The molecule has 2 heterocycles. The van der Waals surface area contributed by atoms with Gasteiger partial charge in [0.15, 0.2) is 0 Å². The van der Waals surface area contributed by atoms with Crippen LogP contribution in [0.1, 0.15) is 63.2 Å². The molecule has 0 aromatic heterocycles. The Labute approximate surface area is 168 Å². The number of carbonyl (C=O) groups is 2. The number of piperazine rings is 1. The minimum Gasteiger partial charge on any atom is -0.493 e. The van der Waals surface area contributed by atoms with E-state index in [1.807, 2.05) is 36.1 Å². The number of rotatable bonds is 5. The largest absolute Gasteiger partial charge is 0.493 e. The molecule has 1 aromatic rings. The number of carbonyl (C=O) groups excluding carboxylic acids is 2. The number of benzene rings is 1. The lowest BCUT2D eigenvalue weighted by Crippen LogP contribution is -2.57. The van der Waals surface area contributed by atoms with Gasteiger partial charge in [-0.2, -0.15) is 0 Å². The standard InChI is InChI=1S/C23H32N2O3/c1-4-28-20-8-6-5-7-19(20)22(27)24-14-17-9-10-18(15-24)25(17)21(26)11-16-12-23(2,3)13-16/h5-8,16-18H,4,9-15H2,1-3H3. The van der Waals surface area contributed by atoms with Crippen molar-refractivity contribution in [2.45, 2.75) is 65.0 Å². The van der Waals surface area contributed by atoms with Crippen molar-refractivity contribution >= 4 is 11.8 Å². The minimum absolute atomic E-state index is 0.0220. The van der Waals surface area contributed by atoms with E-state index in [4.69, 9.17) is 4.74 Å².